The van der Waals surface area contributed by atoms with E-state index in [4.69, 9.17) is 32.8 Å². The zero-order valence-electron chi connectivity index (χ0n) is 44.5. The van der Waals surface area contributed by atoms with Gasteiger partial charge in [0.15, 0.2) is 23.0 Å². The Morgan fingerprint density at radius 1 is 0.787 bits per heavy atom. The van der Waals surface area contributed by atoms with E-state index in [2.05, 4.69) is 78.3 Å². The van der Waals surface area contributed by atoms with Gasteiger partial charge in [0.2, 0.25) is 18.6 Å². The highest BCUT2D eigenvalue weighted by molar-refractivity contribution is 14.1. The number of carbonyl (C=O) groups is 3. The number of methoxy groups -OCH3 is 2. The van der Waals surface area contributed by atoms with Crippen LogP contribution in [0.2, 0.25) is 5.04 Å². The topological polar surface area (TPSA) is 163 Å². The van der Waals surface area contributed by atoms with Gasteiger partial charge in [-0.3, -0.25) is 9.59 Å². The van der Waals surface area contributed by atoms with E-state index in [-0.39, 0.29) is 43.7 Å². The molecule has 0 bridgehead atoms. The summed E-state index contributed by atoms with van der Waals surface area (Å²) < 4.78 is 44.3. The van der Waals surface area contributed by atoms with E-state index in [0.29, 0.717) is 43.2 Å². The van der Waals surface area contributed by atoms with Crippen molar-refractivity contribution in [3.63, 3.8) is 0 Å². The van der Waals surface area contributed by atoms with Gasteiger partial charge in [0.1, 0.15) is 35.8 Å². The Hall–Kier alpha value is -6.76. The summed E-state index contributed by atoms with van der Waals surface area (Å²) in [4.78, 5) is 47.2. The van der Waals surface area contributed by atoms with Gasteiger partial charge in [-0.1, -0.05) is 118 Å². The average molecular weight is 1150 g/mol. The molecule has 75 heavy (non-hydrogen) atoms. The highest BCUT2D eigenvalue weighted by Crippen LogP contribution is 2.48. The third kappa shape index (κ3) is 12.7. The zero-order chi connectivity index (χ0) is 54.2. The highest BCUT2D eigenvalue weighted by Gasteiger charge is 2.52. The number of rotatable bonds is 19. The summed E-state index contributed by atoms with van der Waals surface area (Å²) in [6.45, 7) is 16.7. The van der Waals surface area contributed by atoms with Crippen LogP contribution in [0.4, 0.5) is 10.5 Å². The lowest BCUT2D eigenvalue weighted by molar-refractivity contribution is -0.143. The van der Waals surface area contributed by atoms with E-state index in [9.17, 15) is 9.90 Å². The number of benzene rings is 6. The van der Waals surface area contributed by atoms with Crippen molar-refractivity contribution in [3.8, 4) is 34.5 Å². The van der Waals surface area contributed by atoms with Gasteiger partial charge in [-0.2, -0.15) is 0 Å². The maximum atomic E-state index is 16.5. The summed E-state index contributed by atoms with van der Waals surface area (Å²) >= 11 is 2.19. The lowest BCUT2D eigenvalue weighted by Gasteiger charge is -2.45. The van der Waals surface area contributed by atoms with Gasteiger partial charge in [0.25, 0.3) is 8.32 Å². The molecule has 3 atom stereocenters. The minimum Gasteiger partial charge on any atom is -0.508 e. The quantitative estimate of drug-likeness (QED) is 0.0523. The van der Waals surface area contributed by atoms with Crippen molar-refractivity contribution in [3.05, 3.63) is 159 Å². The van der Waals surface area contributed by atoms with Crippen molar-refractivity contribution in [1.82, 2.24) is 10.2 Å². The van der Waals surface area contributed by atoms with Crippen LogP contribution >= 0.6 is 22.6 Å². The Kier molecular flexibility index (Phi) is 17.8. The molecule has 3 N–H and O–H groups in total. The Morgan fingerprint density at radius 3 is 1.93 bits per heavy atom. The molecule has 0 aliphatic carbocycles. The first-order valence-corrected chi connectivity index (χ1v) is 27.8. The van der Waals surface area contributed by atoms with Crippen LogP contribution in [0.25, 0.3) is 0 Å². The molecule has 16 heteroatoms. The monoisotopic (exact) mass is 1150 g/mol. The van der Waals surface area contributed by atoms with E-state index in [1.807, 2.05) is 79.7 Å². The number of hydrogen-bond donors (Lipinski definition) is 3. The van der Waals surface area contributed by atoms with E-state index in [0.717, 1.165) is 21.5 Å². The van der Waals surface area contributed by atoms with Crippen LogP contribution in [-0.4, -0.2) is 81.5 Å². The molecule has 7 rings (SSSR count). The van der Waals surface area contributed by atoms with Gasteiger partial charge in [-0.15, -0.1) is 0 Å². The van der Waals surface area contributed by atoms with Crippen LogP contribution in [0.3, 0.4) is 0 Å². The van der Waals surface area contributed by atoms with Gasteiger partial charge < -0.3 is 53.5 Å². The summed E-state index contributed by atoms with van der Waals surface area (Å²) in [7, 11) is -0.286. The number of carbonyl (C=O) groups excluding carboxylic acids is 3. The molecule has 6 aromatic rings. The number of ether oxygens (including phenoxy) is 6. The highest BCUT2D eigenvalue weighted by atomic mass is 127. The van der Waals surface area contributed by atoms with Crippen LogP contribution in [0.5, 0.6) is 34.5 Å². The molecule has 6 aromatic carbocycles. The second-order valence-electron chi connectivity index (χ2n) is 20.5. The molecule has 0 radical (unpaired) electrons. The molecular weight excluding hydrogens is 1080 g/mol. The number of halogens is 1. The molecular formula is C59H68IN3O11Si. The van der Waals surface area contributed by atoms with Gasteiger partial charge in [0.05, 0.1) is 30.4 Å². The minimum atomic E-state index is -3.41. The van der Waals surface area contributed by atoms with E-state index in [1.54, 1.807) is 79.2 Å². The third-order valence-corrected chi connectivity index (χ3v) is 19.3. The molecule has 0 saturated heterocycles. The largest absolute Gasteiger partial charge is 0.508 e. The molecule has 1 aliphatic heterocycles. The fraction of sp³-hybridized carbons (Fsp3) is 0.339. The van der Waals surface area contributed by atoms with Crippen LogP contribution in [-0.2, 0) is 31.8 Å². The van der Waals surface area contributed by atoms with E-state index in [1.165, 1.54) is 4.90 Å². The van der Waals surface area contributed by atoms with Crippen molar-refractivity contribution >= 4 is 64.9 Å². The molecule has 1 aliphatic rings. The number of nitrogens with one attached hydrogen (secondary N) is 2. The molecule has 1 heterocycles. The van der Waals surface area contributed by atoms with Crippen molar-refractivity contribution in [2.75, 3.05) is 32.9 Å². The SMILES string of the molecule is COc1ccc(NC(=O)C(C)N(C(=O)[C@H](Cc2cc(C)c(OC)c(OCc3ccccc3)c2I)NC(=O)OC(C)(C)C)[C@@H](CO[Si](c2ccccc2)(c2ccccc2)C(C)(C)C)c2cc(O)c(C)c3c2OCO3)cc1. The normalized spacial score (nSPS) is 13.5. The predicted octanol–water partition coefficient (Wildman–Crippen LogP) is 10.5. The van der Waals surface area contributed by atoms with Gasteiger partial charge >= 0.3 is 6.09 Å². The van der Waals surface area contributed by atoms with Crippen LogP contribution in [0, 0.1) is 17.4 Å². The molecule has 0 spiro atoms. The van der Waals surface area contributed by atoms with Crippen molar-refractivity contribution in [1.29, 1.82) is 0 Å². The minimum absolute atomic E-state index is 0.0919. The first-order valence-electron chi connectivity index (χ1n) is 24.8. The van der Waals surface area contributed by atoms with Crippen molar-refractivity contribution in [2.24, 2.45) is 0 Å². The molecule has 0 aromatic heterocycles. The number of aryl methyl sites for hydroxylation is 1. The van der Waals surface area contributed by atoms with E-state index >= 15 is 9.59 Å². The number of phenolic OH excluding ortho intramolecular Hbond substituents is 1. The Bertz CT molecular complexity index is 2910. The first kappa shape index (κ1) is 56.0. The summed E-state index contributed by atoms with van der Waals surface area (Å²) in [5.41, 5.74) is 2.56. The smallest absolute Gasteiger partial charge is 0.408 e. The molecule has 3 amide bonds. The number of fused-ring (bicyclic) bond motifs is 1. The fourth-order valence-electron chi connectivity index (χ4n) is 9.53. The molecule has 396 valence electrons. The molecule has 0 fully saturated rings. The molecule has 14 nitrogen and oxygen atoms in total. The predicted molar refractivity (Wildman–Crippen MR) is 301 cm³/mol. The van der Waals surface area contributed by atoms with Crippen LogP contribution < -0.4 is 44.7 Å². The standard InChI is InChI=1S/C59H68IN3O11Si/c1-37-31-41(50(60)54(51(37)69-11)70-34-40-21-15-12-16-22-40)32-47(62-57(67)74-58(4,5)6)56(66)63(39(3)55(65)61-42-27-29-43(68-10)30-28-42)48(46-33-49(64)38(2)52-53(46)72-36-71-52)35-73-75(59(7,8)9,44-23-17-13-18-24-44)45-25-19-14-20-26-45/h12-31,33,39,47-48,64H,32,34-36H2,1-11H3,(H,61,65)(H,62,67)/t39?,47-,48-/m0/s1. The number of amides is 3. The molecule has 0 saturated carbocycles. The van der Waals surface area contributed by atoms with Gasteiger partial charge in [-0.25, -0.2) is 4.79 Å². The van der Waals surface area contributed by atoms with Crippen LogP contribution in [0.1, 0.15) is 82.3 Å². The molecule has 1 unspecified atom stereocenters. The Balaban J connectivity index is 1.45. The number of aromatic hydroxyl groups is 1. The number of nitrogens with zero attached hydrogens (tertiary/aromatic N) is 1. The summed E-state index contributed by atoms with van der Waals surface area (Å²) in [6.07, 6.45) is -0.951. The lowest BCUT2D eigenvalue weighted by atomic mass is 9.96. The maximum Gasteiger partial charge on any atom is 0.408 e. The second-order valence-corrected chi connectivity index (χ2v) is 25.9. The third-order valence-electron chi connectivity index (χ3n) is 13.1. The van der Waals surface area contributed by atoms with Gasteiger partial charge in [0, 0.05) is 23.2 Å². The first-order chi connectivity index (χ1) is 35.7. The fourth-order valence-corrected chi connectivity index (χ4v) is 14.9. The van der Waals surface area contributed by atoms with Crippen molar-refractivity contribution in [2.45, 2.75) is 104 Å². The average Bonchev–Trinajstić information content (AvgIpc) is 3.89. The summed E-state index contributed by atoms with van der Waals surface area (Å²) in [5, 5.41) is 19.1. The number of phenols is 1. The zero-order valence-corrected chi connectivity index (χ0v) is 47.7. The van der Waals surface area contributed by atoms with Crippen molar-refractivity contribution < 1.29 is 52.3 Å². The number of alkyl carbamates (subject to hydrolysis) is 1. The Morgan fingerprint density at radius 2 is 1.37 bits per heavy atom. The lowest BCUT2D eigenvalue weighted by Crippen LogP contribution is -2.67. The van der Waals surface area contributed by atoms with E-state index < -0.39 is 55.0 Å². The van der Waals surface area contributed by atoms with Crippen LogP contribution in [0.15, 0.2) is 127 Å². The maximum absolute atomic E-state index is 16.5. The second kappa shape index (κ2) is 23.8. The number of hydrogen-bond acceptors (Lipinski definition) is 11. The number of anilines is 1. The summed E-state index contributed by atoms with van der Waals surface area (Å²) in [6, 6.07) is 36.2. The Labute approximate surface area is 455 Å². The summed E-state index contributed by atoms with van der Waals surface area (Å²) in [5.74, 6) is 0.780. The van der Waals surface area contributed by atoms with Gasteiger partial charge in [-0.05, 0) is 127 Å².